The van der Waals surface area contributed by atoms with Crippen LogP contribution in [0.25, 0.3) is 0 Å². The molecule has 1 saturated heterocycles. The fraction of sp³-hybridized carbons (Fsp3) is 0.938. The summed E-state index contributed by atoms with van der Waals surface area (Å²) >= 11 is 3.53. The van der Waals surface area contributed by atoms with Crippen LogP contribution in [0.5, 0.6) is 0 Å². The van der Waals surface area contributed by atoms with E-state index in [0.29, 0.717) is 13.1 Å². The Morgan fingerprint density at radius 3 is 2.30 bits per heavy atom. The molecule has 1 heterocycles. The van der Waals surface area contributed by atoms with E-state index < -0.39 is 20.9 Å². The van der Waals surface area contributed by atoms with E-state index in [4.69, 9.17) is 0 Å². The van der Waals surface area contributed by atoms with Gasteiger partial charge in [-0.15, -0.1) is 0 Å². The first kappa shape index (κ1) is 17.8. The van der Waals surface area contributed by atoms with E-state index in [1.165, 1.54) is 0 Å². The highest BCUT2D eigenvalue weighted by molar-refractivity contribution is 9.10. The number of rotatable bonds is 4. The fourth-order valence-electron chi connectivity index (χ4n) is 4.88. The Labute approximate surface area is 148 Å². The lowest BCUT2D eigenvalue weighted by Crippen LogP contribution is -2.52. The molecule has 0 N–H and O–H groups in total. The molecular weight excluding hydrogens is 380 g/mol. The minimum Gasteiger partial charge on any atom is -0.301 e. The van der Waals surface area contributed by atoms with Crippen molar-refractivity contribution in [2.45, 2.75) is 38.4 Å². The number of carbonyl (C=O) groups is 1. The zero-order chi connectivity index (χ0) is 17.0. The van der Waals surface area contributed by atoms with Crippen LogP contribution in [0.2, 0.25) is 0 Å². The van der Waals surface area contributed by atoms with Crippen molar-refractivity contribution in [1.82, 2.24) is 9.21 Å². The molecule has 23 heavy (non-hydrogen) atoms. The number of carbonyl (C=O) groups excluding carboxylic acids is 1. The molecule has 0 aromatic carbocycles. The van der Waals surface area contributed by atoms with Gasteiger partial charge in [-0.25, -0.2) is 8.42 Å². The molecule has 0 amide bonds. The Hall–Kier alpha value is 0.0200. The van der Waals surface area contributed by atoms with Gasteiger partial charge in [-0.05, 0) is 30.7 Å². The van der Waals surface area contributed by atoms with E-state index >= 15 is 0 Å². The molecule has 2 saturated carbocycles. The quantitative estimate of drug-likeness (QED) is 0.666. The van der Waals surface area contributed by atoms with Gasteiger partial charge >= 0.3 is 0 Å². The Kier molecular flexibility index (Phi) is 4.48. The zero-order valence-corrected chi connectivity index (χ0v) is 16.6. The molecule has 0 aromatic heterocycles. The average Bonchev–Trinajstić information content (AvgIpc) is 2.83. The molecule has 1 aliphatic heterocycles. The topological polar surface area (TPSA) is 57.7 Å². The minimum absolute atomic E-state index is 0.0983. The molecule has 2 bridgehead atoms. The third-order valence-electron chi connectivity index (χ3n) is 6.84. The lowest BCUT2D eigenvalue weighted by atomic mass is 9.70. The van der Waals surface area contributed by atoms with Gasteiger partial charge in [-0.3, -0.25) is 4.79 Å². The first-order chi connectivity index (χ1) is 10.7. The zero-order valence-electron chi connectivity index (χ0n) is 14.2. The molecule has 4 atom stereocenters. The van der Waals surface area contributed by atoms with E-state index in [2.05, 4.69) is 27.8 Å². The van der Waals surface area contributed by atoms with Crippen LogP contribution in [0.3, 0.4) is 0 Å². The van der Waals surface area contributed by atoms with Crippen molar-refractivity contribution in [3.63, 3.8) is 0 Å². The summed E-state index contributed by atoms with van der Waals surface area (Å²) in [5.41, 5.74) is -0.969. The number of ketones is 1. The van der Waals surface area contributed by atoms with Crippen LogP contribution in [-0.4, -0.2) is 66.7 Å². The van der Waals surface area contributed by atoms with Crippen LogP contribution >= 0.6 is 15.9 Å². The number of nitrogens with zero attached hydrogens (tertiary/aromatic N) is 2. The predicted molar refractivity (Wildman–Crippen MR) is 94.1 cm³/mol. The van der Waals surface area contributed by atoms with Gasteiger partial charge in [-0.1, -0.05) is 36.7 Å². The van der Waals surface area contributed by atoms with Crippen molar-refractivity contribution < 1.29 is 13.2 Å². The number of likely N-dealkylation sites (N-methyl/N-ethyl adjacent to an activating group) is 1. The maximum Gasteiger partial charge on any atom is 0.214 e. The maximum atomic E-state index is 13.0. The van der Waals surface area contributed by atoms with Gasteiger partial charge in [0.05, 0.1) is 10.6 Å². The second-order valence-corrected chi connectivity index (χ2v) is 10.7. The molecule has 5 nitrogen and oxygen atoms in total. The summed E-state index contributed by atoms with van der Waals surface area (Å²) in [4.78, 5) is 14.7. The van der Waals surface area contributed by atoms with Crippen LogP contribution in [0.15, 0.2) is 0 Å². The number of hydrogen-bond donors (Lipinski definition) is 0. The molecule has 0 radical (unpaired) electrons. The van der Waals surface area contributed by atoms with Crippen molar-refractivity contribution >= 4 is 31.7 Å². The first-order valence-electron chi connectivity index (χ1n) is 8.54. The van der Waals surface area contributed by atoms with Crippen molar-refractivity contribution in [1.29, 1.82) is 0 Å². The highest BCUT2D eigenvalue weighted by Crippen LogP contribution is 2.65. The first-order valence-corrected chi connectivity index (χ1v) is 11.1. The summed E-state index contributed by atoms with van der Waals surface area (Å²) in [6.07, 6.45) is 1.75. The number of Topliss-reactive ketones (excluding diaryl/α,β-unsaturated/α-hetero) is 1. The summed E-state index contributed by atoms with van der Waals surface area (Å²) < 4.78 is 27.6. The summed E-state index contributed by atoms with van der Waals surface area (Å²) in [6.45, 7) is 9.79. The SMILES string of the molecule is CCN1CCN(S(=O)(=O)C[C@]2(C)[C@@H]3CC[C@]2(C)C(=O)[C@@H]3Br)CC1. The van der Waals surface area contributed by atoms with Crippen LogP contribution < -0.4 is 0 Å². The molecule has 0 unspecified atom stereocenters. The Morgan fingerprint density at radius 2 is 1.83 bits per heavy atom. The summed E-state index contributed by atoms with van der Waals surface area (Å²) in [6, 6.07) is 0. The third-order valence-corrected chi connectivity index (χ3v) is 10.0. The average molecular weight is 407 g/mol. The Morgan fingerprint density at radius 1 is 1.22 bits per heavy atom. The number of fused-ring (bicyclic) bond motifs is 2. The highest BCUT2D eigenvalue weighted by Gasteiger charge is 2.68. The smallest absolute Gasteiger partial charge is 0.214 e. The second-order valence-electron chi connectivity index (χ2n) is 7.75. The summed E-state index contributed by atoms with van der Waals surface area (Å²) in [5.74, 6) is 0.426. The molecule has 0 spiro atoms. The molecule has 132 valence electrons. The molecule has 3 fully saturated rings. The molecule has 2 aliphatic carbocycles. The van der Waals surface area contributed by atoms with E-state index in [1.54, 1.807) is 4.31 Å². The lowest BCUT2D eigenvalue weighted by molar-refractivity contribution is -0.127. The van der Waals surface area contributed by atoms with E-state index in [0.717, 1.165) is 32.5 Å². The number of hydrogen-bond acceptors (Lipinski definition) is 4. The predicted octanol–water partition coefficient (Wildman–Crippen LogP) is 1.72. The normalized spacial score (nSPS) is 42.5. The monoisotopic (exact) mass is 406 g/mol. The van der Waals surface area contributed by atoms with Crippen LogP contribution in [-0.2, 0) is 14.8 Å². The van der Waals surface area contributed by atoms with Crippen molar-refractivity contribution in [3.8, 4) is 0 Å². The van der Waals surface area contributed by atoms with Crippen LogP contribution in [0.4, 0.5) is 0 Å². The van der Waals surface area contributed by atoms with Crippen molar-refractivity contribution in [2.75, 3.05) is 38.5 Å². The number of piperazine rings is 1. The molecule has 3 aliphatic rings. The van der Waals surface area contributed by atoms with Gasteiger partial charge in [0, 0.05) is 31.6 Å². The van der Waals surface area contributed by atoms with E-state index in [1.807, 2.05) is 13.8 Å². The van der Waals surface area contributed by atoms with Gasteiger partial charge in [0.25, 0.3) is 0 Å². The maximum absolute atomic E-state index is 13.0. The van der Waals surface area contributed by atoms with Gasteiger partial charge in [0.1, 0.15) is 0 Å². The lowest BCUT2D eigenvalue weighted by Gasteiger charge is -2.39. The highest BCUT2D eigenvalue weighted by atomic mass is 79.9. The number of halogens is 1. The molecular formula is C16H27BrN2O3S. The Bertz CT molecular complexity index is 602. The third kappa shape index (κ3) is 2.53. The second kappa shape index (κ2) is 5.78. The van der Waals surface area contributed by atoms with Crippen molar-refractivity contribution in [2.24, 2.45) is 16.7 Å². The van der Waals surface area contributed by atoms with Crippen LogP contribution in [0.1, 0.15) is 33.6 Å². The Balaban J connectivity index is 1.80. The summed E-state index contributed by atoms with van der Waals surface area (Å²) in [7, 11) is -3.33. The molecule has 3 rings (SSSR count). The van der Waals surface area contributed by atoms with Crippen molar-refractivity contribution in [3.05, 3.63) is 0 Å². The largest absolute Gasteiger partial charge is 0.301 e. The molecule has 7 heteroatoms. The van der Waals surface area contributed by atoms with Gasteiger partial charge < -0.3 is 4.90 Å². The van der Waals surface area contributed by atoms with E-state index in [9.17, 15) is 13.2 Å². The minimum atomic E-state index is -3.33. The molecule has 0 aromatic rings. The fourth-order valence-corrected chi connectivity index (χ4v) is 8.42. The number of alkyl halides is 1. The summed E-state index contributed by atoms with van der Waals surface area (Å²) in [5, 5.41) is 0. The van der Waals surface area contributed by atoms with Crippen LogP contribution in [0, 0.1) is 16.7 Å². The van der Waals surface area contributed by atoms with Gasteiger partial charge in [0.15, 0.2) is 5.78 Å². The number of sulfonamides is 1. The van der Waals surface area contributed by atoms with Gasteiger partial charge in [0.2, 0.25) is 10.0 Å². The standard InChI is InChI=1S/C16H27BrN2O3S/c1-4-18-7-9-19(10-8-18)23(21,22)11-16(3)12-5-6-15(16,2)14(20)13(12)17/h12-13H,4-11H2,1-3H3/t12-,13-,15-,16-/m1/s1. The van der Waals surface area contributed by atoms with Gasteiger partial charge in [-0.2, -0.15) is 4.31 Å². The van der Waals surface area contributed by atoms with E-state index in [-0.39, 0.29) is 22.3 Å².